The second kappa shape index (κ2) is 6.59. The Morgan fingerprint density at radius 1 is 1.35 bits per heavy atom. The molecule has 0 spiro atoms. The Morgan fingerprint density at radius 2 is 2.30 bits per heavy atom. The van der Waals surface area contributed by atoms with E-state index in [1.54, 1.807) is 7.11 Å². The third kappa shape index (κ3) is 3.33. The highest BCUT2D eigenvalue weighted by molar-refractivity contribution is 5.28. The molecule has 0 radical (unpaired) electrons. The van der Waals surface area contributed by atoms with Crippen LogP contribution in [0.1, 0.15) is 24.8 Å². The summed E-state index contributed by atoms with van der Waals surface area (Å²) in [6, 6.07) is 9.26. The lowest BCUT2D eigenvalue weighted by Gasteiger charge is -2.41. The van der Waals surface area contributed by atoms with Gasteiger partial charge in [0, 0.05) is 19.1 Å². The van der Waals surface area contributed by atoms with Crippen molar-refractivity contribution in [1.82, 2.24) is 10.2 Å². The number of piperidine rings is 2. The molecule has 3 rings (SSSR count). The van der Waals surface area contributed by atoms with Crippen LogP contribution in [0.2, 0.25) is 0 Å². The SMILES string of the molecule is COc1cccc(CCN2CCC3NCCCC3C2)c1. The lowest BCUT2D eigenvalue weighted by atomic mass is 9.85. The molecule has 2 aliphatic rings. The Hall–Kier alpha value is -1.06. The van der Waals surface area contributed by atoms with E-state index in [1.165, 1.54) is 51.0 Å². The maximum Gasteiger partial charge on any atom is 0.119 e. The van der Waals surface area contributed by atoms with Gasteiger partial charge in [-0.05, 0) is 62.4 Å². The minimum Gasteiger partial charge on any atom is -0.497 e. The van der Waals surface area contributed by atoms with Gasteiger partial charge in [-0.1, -0.05) is 12.1 Å². The van der Waals surface area contributed by atoms with Gasteiger partial charge < -0.3 is 15.0 Å². The van der Waals surface area contributed by atoms with Crippen molar-refractivity contribution < 1.29 is 4.74 Å². The molecule has 2 atom stereocenters. The molecule has 110 valence electrons. The van der Waals surface area contributed by atoms with Crippen molar-refractivity contribution in [2.75, 3.05) is 33.3 Å². The normalized spacial score (nSPS) is 27.1. The third-order valence-corrected chi connectivity index (χ3v) is 4.83. The van der Waals surface area contributed by atoms with Crippen molar-refractivity contribution in [3.8, 4) is 5.75 Å². The van der Waals surface area contributed by atoms with E-state index in [0.717, 1.165) is 24.1 Å². The van der Waals surface area contributed by atoms with Crippen LogP contribution in [0.4, 0.5) is 0 Å². The molecule has 3 nitrogen and oxygen atoms in total. The van der Waals surface area contributed by atoms with Crippen LogP contribution in [0, 0.1) is 5.92 Å². The Labute approximate surface area is 122 Å². The average Bonchev–Trinajstić information content (AvgIpc) is 2.53. The van der Waals surface area contributed by atoms with E-state index in [4.69, 9.17) is 4.74 Å². The van der Waals surface area contributed by atoms with Gasteiger partial charge in [0.1, 0.15) is 5.75 Å². The molecule has 0 aliphatic carbocycles. The Morgan fingerprint density at radius 3 is 3.20 bits per heavy atom. The summed E-state index contributed by atoms with van der Waals surface area (Å²) in [5.74, 6) is 1.85. The van der Waals surface area contributed by atoms with Crippen LogP contribution >= 0.6 is 0 Å². The van der Waals surface area contributed by atoms with Gasteiger partial charge in [0.15, 0.2) is 0 Å². The summed E-state index contributed by atoms with van der Waals surface area (Å²) in [7, 11) is 1.74. The van der Waals surface area contributed by atoms with Crippen LogP contribution in [0.25, 0.3) is 0 Å². The minimum absolute atomic E-state index is 0.789. The van der Waals surface area contributed by atoms with Crippen LogP contribution in [0.3, 0.4) is 0 Å². The van der Waals surface area contributed by atoms with Crippen molar-refractivity contribution >= 4 is 0 Å². The van der Waals surface area contributed by atoms with Crippen LogP contribution in [-0.2, 0) is 6.42 Å². The van der Waals surface area contributed by atoms with E-state index in [2.05, 4.69) is 28.4 Å². The number of hydrogen-bond donors (Lipinski definition) is 1. The van der Waals surface area contributed by atoms with Crippen molar-refractivity contribution in [3.63, 3.8) is 0 Å². The largest absolute Gasteiger partial charge is 0.497 e. The molecular weight excluding hydrogens is 248 g/mol. The van der Waals surface area contributed by atoms with E-state index in [9.17, 15) is 0 Å². The Kier molecular flexibility index (Phi) is 4.58. The molecule has 0 saturated carbocycles. The van der Waals surface area contributed by atoms with E-state index < -0.39 is 0 Å². The lowest BCUT2D eigenvalue weighted by molar-refractivity contribution is 0.115. The van der Waals surface area contributed by atoms with Crippen molar-refractivity contribution in [2.24, 2.45) is 5.92 Å². The first kappa shape index (κ1) is 13.9. The molecule has 1 N–H and O–H groups in total. The van der Waals surface area contributed by atoms with Crippen molar-refractivity contribution in [3.05, 3.63) is 29.8 Å². The van der Waals surface area contributed by atoms with Crippen molar-refractivity contribution in [1.29, 1.82) is 0 Å². The molecule has 0 bridgehead atoms. The van der Waals surface area contributed by atoms with E-state index in [0.29, 0.717) is 0 Å². The van der Waals surface area contributed by atoms with E-state index >= 15 is 0 Å². The van der Waals surface area contributed by atoms with Crippen LogP contribution in [0.15, 0.2) is 24.3 Å². The fourth-order valence-electron chi connectivity index (χ4n) is 3.64. The van der Waals surface area contributed by atoms with Crippen molar-refractivity contribution in [2.45, 2.75) is 31.7 Å². The van der Waals surface area contributed by atoms with Gasteiger partial charge in [0.2, 0.25) is 0 Å². The highest BCUT2D eigenvalue weighted by atomic mass is 16.5. The predicted octanol–water partition coefficient (Wildman–Crippen LogP) is 2.31. The summed E-state index contributed by atoms with van der Waals surface area (Å²) in [4.78, 5) is 2.65. The summed E-state index contributed by atoms with van der Waals surface area (Å²) in [5.41, 5.74) is 1.38. The maximum absolute atomic E-state index is 5.30. The number of fused-ring (bicyclic) bond motifs is 1. The maximum atomic E-state index is 5.30. The summed E-state index contributed by atoms with van der Waals surface area (Å²) in [6.07, 6.45) is 5.21. The molecule has 1 aromatic rings. The molecule has 0 aromatic heterocycles. The number of nitrogens with one attached hydrogen (secondary N) is 1. The summed E-state index contributed by atoms with van der Waals surface area (Å²) in [6.45, 7) is 4.93. The molecule has 2 unspecified atom stereocenters. The fraction of sp³-hybridized carbons (Fsp3) is 0.647. The molecule has 1 aromatic carbocycles. The molecular formula is C17H26N2O. The Balaban J connectivity index is 1.51. The lowest BCUT2D eigenvalue weighted by Crippen LogP contribution is -2.52. The number of methoxy groups -OCH3 is 1. The van der Waals surface area contributed by atoms with Gasteiger partial charge in [0.05, 0.1) is 7.11 Å². The highest BCUT2D eigenvalue weighted by Crippen LogP contribution is 2.25. The molecule has 2 aliphatic heterocycles. The number of benzene rings is 1. The van der Waals surface area contributed by atoms with Gasteiger partial charge >= 0.3 is 0 Å². The quantitative estimate of drug-likeness (QED) is 0.912. The molecule has 3 heteroatoms. The average molecular weight is 274 g/mol. The topological polar surface area (TPSA) is 24.5 Å². The van der Waals surface area contributed by atoms with Gasteiger partial charge in [-0.15, -0.1) is 0 Å². The number of nitrogens with zero attached hydrogens (tertiary/aromatic N) is 1. The predicted molar refractivity (Wildman–Crippen MR) is 82.3 cm³/mol. The van der Waals surface area contributed by atoms with Crippen LogP contribution in [-0.4, -0.2) is 44.2 Å². The standard InChI is InChI=1S/C17H26N2O/c1-20-16-6-2-4-14(12-16)7-10-19-11-8-17-15(13-19)5-3-9-18-17/h2,4,6,12,15,17-18H,3,5,7-11,13H2,1H3. The summed E-state index contributed by atoms with van der Waals surface area (Å²) >= 11 is 0. The smallest absolute Gasteiger partial charge is 0.119 e. The molecule has 0 amide bonds. The zero-order valence-electron chi connectivity index (χ0n) is 12.5. The monoisotopic (exact) mass is 274 g/mol. The summed E-state index contributed by atoms with van der Waals surface area (Å²) < 4.78 is 5.30. The van der Waals surface area contributed by atoms with Crippen LogP contribution < -0.4 is 10.1 Å². The van der Waals surface area contributed by atoms with Crippen LogP contribution in [0.5, 0.6) is 5.75 Å². The number of likely N-dealkylation sites (tertiary alicyclic amines) is 1. The zero-order chi connectivity index (χ0) is 13.8. The molecule has 20 heavy (non-hydrogen) atoms. The minimum atomic E-state index is 0.789. The second-order valence-corrected chi connectivity index (χ2v) is 6.15. The molecule has 2 fully saturated rings. The summed E-state index contributed by atoms with van der Waals surface area (Å²) in [5, 5.41) is 3.69. The zero-order valence-corrected chi connectivity index (χ0v) is 12.5. The van der Waals surface area contributed by atoms with Gasteiger partial charge in [0.25, 0.3) is 0 Å². The second-order valence-electron chi connectivity index (χ2n) is 6.15. The third-order valence-electron chi connectivity index (χ3n) is 4.83. The fourth-order valence-corrected chi connectivity index (χ4v) is 3.64. The number of ether oxygens (including phenoxy) is 1. The Bertz CT molecular complexity index is 435. The number of hydrogen-bond acceptors (Lipinski definition) is 3. The first-order valence-electron chi connectivity index (χ1n) is 7.94. The molecule has 2 heterocycles. The number of rotatable bonds is 4. The van der Waals surface area contributed by atoms with Gasteiger partial charge in [-0.3, -0.25) is 0 Å². The van der Waals surface area contributed by atoms with Gasteiger partial charge in [-0.25, -0.2) is 0 Å². The first-order chi connectivity index (χ1) is 9.85. The van der Waals surface area contributed by atoms with Gasteiger partial charge in [-0.2, -0.15) is 0 Å². The highest BCUT2D eigenvalue weighted by Gasteiger charge is 2.30. The van der Waals surface area contributed by atoms with E-state index in [1.807, 2.05) is 6.07 Å². The molecule has 2 saturated heterocycles. The van der Waals surface area contributed by atoms with E-state index in [-0.39, 0.29) is 0 Å². The first-order valence-corrected chi connectivity index (χ1v) is 7.94.